The second-order valence-electron chi connectivity index (χ2n) is 9.14. The molecular formula is C25H26F3N3O4S. The van der Waals surface area contributed by atoms with Gasteiger partial charge in [0.25, 0.3) is 0 Å². The third-order valence-corrected chi connectivity index (χ3v) is 5.89. The van der Waals surface area contributed by atoms with E-state index in [1.165, 1.54) is 30.4 Å². The molecule has 0 aliphatic carbocycles. The molecule has 1 saturated heterocycles. The van der Waals surface area contributed by atoms with Crippen LogP contribution in [0, 0.1) is 11.8 Å². The first-order valence-electron chi connectivity index (χ1n) is 10.9. The van der Waals surface area contributed by atoms with E-state index in [2.05, 4.69) is 21.9 Å². The summed E-state index contributed by atoms with van der Waals surface area (Å²) >= 11 is 0. The zero-order chi connectivity index (χ0) is 26.8. The molecule has 7 nitrogen and oxygen atoms in total. The Labute approximate surface area is 210 Å². The van der Waals surface area contributed by atoms with E-state index >= 15 is 0 Å². The molecule has 0 radical (unpaired) electrons. The van der Waals surface area contributed by atoms with Crippen molar-refractivity contribution in [2.75, 3.05) is 29.5 Å². The number of benzene rings is 2. The van der Waals surface area contributed by atoms with Crippen LogP contribution in [0.1, 0.15) is 49.4 Å². The molecule has 2 aromatic carbocycles. The molecule has 2 aromatic rings. The minimum Gasteiger partial charge on any atom is -0.495 e. The largest absolute Gasteiger partial charge is 0.495 e. The number of ether oxygens (including phenoxy) is 1. The molecule has 0 aromatic heterocycles. The Hall–Kier alpha value is -3.52. The molecule has 0 bridgehead atoms. The normalized spacial score (nSPS) is 15.1. The summed E-state index contributed by atoms with van der Waals surface area (Å²) < 4.78 is 60.7. The maximum atomic E-state index is 13.8. The number of nitrogens with zero attached hydrogens (tertiary/aromatic N) is 1. The molecule has 1 aliphatic heterocycles. The van der Waals surface area contributed by atoms with E-state index in [9.17, 15) is 27.0 Å². The van der Waals surface area contributed by atoms with Crippen molar-refractivity contribution in [2.24, 2.45) is 0 Å². The number of carbonyl (C=O) groups is 2. The van der Waals surface area contributed by atoms with Gasteiger partial charge < -0.3 is 9.46 Å². The van der Waals surface area contributed by atoms with Crippen molar-refractivity contribution in [3.05, 3.63) is 52.6 Å². The first kappa shape index (κ1) is 27.1. The van der Waals surface area contributed by atoms with Gasteiger partial charge in [-0.25, -0.2) is 9.00 Å². The topological polar surface area (TPSA) is 87.7 Å². The highest BCUT2D eigenvalue weighted by molar-refractivity contribution is 7.85. The van der Waals surface area contributed by atoms with Gasteiger partial charge in [-0.15, -0.1) is 0 Å². The van der Waals surface area contributed by atoms with Crippen LogP contribution in [-0.4, -0.2) is 36.1 Å². The molecule has 36 heavy (non-hydrogen) atoms. The van der Waals surface area contributed by atoms with Crippen LogP contribution in [-0.2, 0) is 27.4 Å². The Morgan fingerprint density at radius 1 is 1.06 bits per heavy atom. The summed E-state index contributed by atoms with van der Waals surface area (Å²) in [7, 11) is -0.107. The van der Waals surface area contributed by atoms with Gasteiger partial charge in [0.1, 0.15) is 16.7 Å². The molecule has 0 spiro atoms. The predicted octanol–water partition coefficient (Wildman–Crippen LogP) is 4.56. The van der Waals surface area contributed by atoms with Gasteiger partial charge in [-0.3, -0.25) is 15.0 Å². The number of methoxy groups -OCH3 is 1. The number of imide groups is 1. The van der Waals surface area contributed by atoms with Crippen molar-refractivity contribution < 1.29 is 31.7 Å². The van der Waals surface area contributed by atoms with Gasteiger partial charge in [0.2, 0.25) is 5.91 Å². The molecular weight excluding hydrogens is 495 g/mol. The minimum absolute atomic E-state index is 0.0500. The standard InChI is InChI=1S/C25H26F3N3O4S/c1-24(2,3)20-14-18(31-11-10-21(32)29-23(31)33)12-16(22(20)35-4)7-6-15-8-9-17(30-36(5)34)13-19(15)25(26,27)28/h8-9,12-14,30H,10-11H2,1-5H3,(H,29,32,33). The number of hydrogen-bond donors (Lipinski definition) is 2. The van der Waals surface area contributed by atoms with E-state index in [0.29, 0.717) is 17.0 Å². The second kappa shape index (κ2) is 10.2. The van der Waals surface area contributed by atoms with Crippen molar-refractivity contribution in [1.29, 1.82) is 0 Å². The number of alkyl halides is 3. The molecule has 0 saturated carbocycles. The molecule has 1 aliphatic rings. The highest BCUT2D eigenvalue weighted by atomic mass is 32.2. The van der Waals surface area contributed by atoms with E-state index in [0.717, 1.165) is 6.07 Å². The molecule has 192 valence electrons. The van der Waals surface area contributed by atoms with Gasteiger partial charge >= 0.3 is 12.2 Å². The van der Waals surface area contributed by atoms with Crippen molar-refractivity contribution in [3.8, 4) is 17.6 Å². The van der Waals surface area contributed by atoms with Crippen LogP contribution < -0.4 is 19.7 Å². The fourth-order valence-corrected chi connectivity index (χ4v) is 4.16. The molecule has 11 heteroatoms. The smallest absolute Gasteiger partial charge is 0.417 e. The number of nitrogens with one attached hydrogen (secondary N) is 2. The summed E-state index contributed by atoms with van der Waals surface area (Å²) in [4.78, 5) is 25.4. The molecule has 1 unspecified atom stereocenters. The Morgan fingerprint density at radius 3 is 2.28 bits per heavy atom. The summed E-state index contributed by atoms with van der Waals surface area (Å²) in [6.07, 6.45) is -3.27. The quantitative estimate of drug-likeness (QED) is 0.578. The Balaban J connectivity index is 2.18. The molecule has 1 atom stereocenters. The lowest BCUT2D eigenvalue weighted by molar-refractivity contribution is -0.137. The van der Waals surface area contributed by atoms with E-state index in [4.69, 9.17) is 4.74 Å². The second-order valence-corrected chi connectivity index (χ2v) is 10.3. The third-order valence-electron chi connectivity index (χ3n) is 5.37. The molecule has 1 fully saturated rings. The van der Waals surface area contributed by atoms with Crippen molar-refractivity contribution in [2.45, 2.75) is 38.8 Å². The first-order valence-corrected chi connectivity index (χ1v) is 12.4. The highest BCUT2D eigenvalue weighted by Gasteiger charge is 2.34. The van der Waals surface area contributed by atoms with E-state index in [-0.39, 0.29) is 35.7 Å². The van der Waals surface area contributed by atoms with E-state index < -0.39 is 34.2 Å². The van der Waals surface area contributed by atoms with Gasteiger partial charge in [-0.1, -0.05) is 32.6 Å². The van der Waals surface area contributed by atoms with Crippen LogP contribution in [0.3, 0.4) is 0 Å². The summed E-state index contributed by atoms with van der Waals surface area (Å²) in [6, 6.07) is 6.14. The number of rotatable bonds is 4. The van der Waals surface area contributed by atoms with Gasteiger partial charge in [0.15, 0.2) is 0 Å². The fraction of sp³-hybridized carbons (Fsp3) is 0.360. The maximum Gasteiger partial charge on any atom is 0.417 e. The van der Waals surface area contributed by atoms with E-state index in [1.54, 1.807) is 12.1 Å². The average Bonchev–Trinajstić information content (AvgIpc) is 2.76. The number of carbonyl (C=O) groups excluding carboxylic acids is 2. The maximum absolute atomic E-state index is 13.8. The minimum atomic E-state index is -4.70. The SMILES string of the molecule is COc1c(C#Cc2ccc(NS(C)=O)cc2C(F)(F)F)cc(N2CCC(=O)NC2=O)cc1C(C)(C)C. The summed E-state index contributed by atoms with van der Waals surface area (Å²) in [6.45, 7) is 5.93. The first-order chi connectivity index (χ1) is 16.7. The van der Waals surface area contributed by atoms with E-state index in [1.807, 2.05) is 20.8 Å². The van der Waals surface area contributed by atoms with Crippen LogP contribution >= 0.6 is 0 Å². The van der Waals surface area contributed by atoms with Crippen molar-refractivity contribution in [3.63, 3.8) is 0 Å². The lowest BCUT2D eigenvalue weighted by atomic mass is 9.84. The summed E-state index contributed by atoms with van der Waals surface area (Å²) in [5, 5.41) is 2.26. The van der Waals surface area contributed by atoms with Gasteiger partial charge in [0.05, 0.1) is 18.2 Å². The number of anilines is 2. The van der Waals surface area contributed by atoms with Gasteiger partial charge in [-0.2, -0.15) is 13.2 Å². The Kier molecular flexibility index (Phi) is 7.69. The monoisotopic (exact) mass is 521 g/mol. The molecule has 1 heterocycles. The summed E-state index contributed by atoms with van der Waals surface area (Å²) in [5.41, 5.74) is -0.246. The molecule has 3 amide bonds. The van der Waals surface area contributed by atoms with Crippen LogP contribution in [0.25, 0.3) is 0 Å². The van der Waals surface area contributed by atoms with Gasteiger partial charge in [-0.05, 0) is 35.7 Å². The van der Waals surface area contributed by atoms with Gasteiger partial charge in [0, 0.05) is 41.7 Å². The Morgan fingerprint density at radius 2 is 1.72 bits per heavy atom. The number of amides is 3. The predicted molar refractivity (Wildman–Crippen MR) is 132 cm³/mol. The molecule has 3 rings (SSSR count). The van der Waals surface area contributed by atoms with Crippen LogP contribution in [0.5, 0.6) is 5.75 Å². The lowest BCUT2D eigenvalue weighted by Gasteiger charge is -2.30. The summed E-state index contributed by atoms with van der Waals surface area (Å²) in [5.74, 6) is 5.37. The van der Waals surface area contributed by atoms with Crippen molar-refractivity contribution in [1.82, 2.24) is 5.32 Å². The number of hydrogen-bond acceptors (Lipinski definition) is 4. The zero-order valence-corrected chi connectivity index (χ0v) is 21.2. The van der Waals surface area contributed by atoms with Crippen LogP contribution in [0.15, 0.2) is 30.3 Å². The fourth-order valence-electron chi connectivity index (χ4n) is 3.70. The number of urea groups is 1. The number of halogens is 3. The van der Waals surface area contributed by atoms with Crippen LogP contribution in [0.4, 0.5) is 29.3 Å². The Bertz CT molecular complexity index is 1290. The third kappa shape index (κ3) is 6.18. The average molecular weight is 522 g/mol. The zero-order valence-electron chi connectivity index (χ0n) is 20.4. The lowest BCUT2D eigenvalue weighted by Crippen LogP contribution is -2.49. The van der Waals surface area contributed by atoms with Crippen LogP contribution in [0.2, 0.25) is 0 Å². The highest BCUT2D eigenvalue weighted by Crippen LogP contribution is 2.38. The van der Waals surface area contributed by atoms with Crippen molar-refractivity contribution >= 4 is 34.3 Å². The molecule has 2 N–H and O–H groups in total.